The molecule has 0 spiro atoms. The Kier molecular flexibility index (Phi) is 7.03. The van der Waals surface area contributed by atoms with Crippen molar-refractivity contribution in [2.24, 2.45) is 0 Å². The summed E-state index contributed by atoms with van der Waals surface area (Å²) in [6, 6.07) is 22.6. The van der Waals surface area contributed by atoms with Crippen LogP contribution < -0.4 is 10.1 Å². The molecule has 0 saturated carbocycles. The summed E-state index contributed by atoms with van der Waals surface area (Å²) >= 11 is 7.33. The van der Waals surface area contributed by atoms with Gasteiger partial charge < -0.3 is 10.1 Å². The fourth-order valence-electron chi connectivity index (χ4n) is 2.91. The van der Waals surface area contributed by atoms with Gasteiger partial charge in [0.1, 0.15) is 6.61 Å². The topological polar surface area (TPSA) is 69.0 Å². The van der Waals surface area contributed by atoms with E-state index in [1.165, 1.54) is 17.8 Å². The van der Waals surface area contributed by atoms with Gasteiger partial charge in [-0.25, -0.2) is 4.39 Å². The molecule has 3 aromatic carbocycles. The summed E-state index contributed by atoms with van der Waals surface area (Å²) in [6.07, 6.45) is 0. The maximum atomic E-state index is 13.9. The van der Waals surface area contributed by atoms with E-state index in [1.807, 2.05) is 30.3 Å². The molecule has 0 saturated heterocycles. The minimum absolute atomic E-state index is 0.00913. The van der Waals surface area contributed by atoms with E-state index in [-0.39, 0.29) is 24.0 Å². The van der Waals surface area contributed by atoms with Crippen molar-refractivity contribution in [1.29, 1.82) is 0 Å². The molecular formula is C23H18ClFN4O2S. The maximum absolute atomic E-state index is 13.9. The van der Waals surface area contributed by atoms with Crippen LogP contribution in [0, 0.1) is 5.82 Å². The van der Waals surface area contributed by atoms with E-state index in [2.05, 4.69) is 15.5 Å². The lowest BCUT2D eigenvalue weighted by atomic mass is 10.3. The Morgan fingerprint density at radius 2 is 1.72 bits per heavy atom. The van der Waals surface area contributed by atoms with Gasteiger partial charge in [0.05, 0.1) is 16.5 Å². The van der Waals surface area contributed by atoms with Crippen LogP contribution in [-0.2, 0) is 11.4 Å². The molecule has 1 amide bonds. The molecule has 0 atom stereocenters. The number of nitrogens with zero attached hydrogens (tertiary/aromatic N) is 3. The minimum Gasteiger partial charge on any atom is -0.483 e. The quantitative estimate of drug-likeness (QED) is 0.352. The predicted octanol–water partition coefficient (Wildman–Crippen LogP) is 5.37. The predicted molar refractivity (Wildman–Crippen MR) is 123 cm³/mol. The normalized spacial score (nSPS) is 10.7. The Bertz CT molecular complexity index is 1220. The molecule has 0 unspecified atom stereocenters. The van der Waals surface area contributed by atoms with Gasteiger partial charge in [-0.15, -0.1) is 10.2 Å². The summed E-state index contributed by atoms with van der Waals surface area (Å²) in [4.78, 5) is 12.4. The van der Waals surface area contributed by atoms with Gasteiger partial charge in [0.2, 0.25) is 5.91 Å². The highest BCUT2D eigenvalue weighted by atomic mass is 35.5. The Morgan fingerprint density at radius 3 is 2.50 bits per heavy atom. The van der Waals surface area contributed by atoms with E-state index in [9.17, 15) is 9.18 Å². The number of rotatable bonds is 8. The van der Waals surface area contributed by atoms with Crippen LogP contribution in [0.3, 0.4) is 0 Å². The number of ether oxygens (including phenoxy) is 1. The van der Waals surface area contributed by atoms with Crippen molar-refractivity contribution in [2.75, 3.05) is 11.1 Å². The van der Waals surface area contributed by atoms with Gasteiger partial charge in [-0.2, -0.15) is 0 Å². The highest BCUT2D eigenvalue weighted by Gasteiger charge is 2.17. The molecule has 6 nitrogen and oxygen atoms in total. The number of thioether (sulfide) groups is 1. The van der Waals surface area contributed by atoms with Gasteiger partial charge in [0, 0.05) is 5.69 Å². The average Bonchev–Trinajstić information content (AvgIpc) is 3.22. The van der Waals surface area contributed by atoms with Gasteiger partial charge in [-0.05, 0) is 36.4 Å². The van der Waals surface area contributed by atoms with E-state index in [1.54, 1.807) is 47.0 Å². The zero-order valence-corrected chi connectivity index (χ0v) is 18.3. The molecule has 0 fully saturated rings. The second-order valence-electron chi connectivity index (χ2n) is 6.61. The van der Waals surface area contributed by atoms with Gasteiger partial charge >= 0.3 is 0 Å². The fourth-order valence-corrected chi connectivity index (χ4v) is 3.86. The molecule has 4 aromatic rings. The molecule has 0 bridgehead atoms. The van der Waals surface area contributed by atoms with Gasteiger partial charge in [-0.3, -0.25) is 9.36 Å². The Hall–Kier alpha value is -3.36. The third-order valence-electron chi connectivity index (χ3n) is 4.39. The first-order chi connectivity index (χ1) is 15.6. The third kappa shape index (κ3) is 5.27. The SMILES string of the molecule is O=C(CSc1nnc(COc2ccccc2F)n1-c1ccccc1)Nc1ccccc1Cl. The van der Waals surface area contributed by atoms with Crippen LogP contribution in [0.4, 0.5) is 10.1 Å². The first-order valence-corrected chi connectivity index (χ1v) is 11.0. The second-order valence-corrected chi connectivity index (χ2v) is 7.96. The molecular weight excluding hydrogens is 451 g/mol. The number of halogens is 2. The largest absolute Gasteiger partial charge is 0.483 e. The Balaban J connectivity index is 1.51. The van der Waals surface area contributed by atoms with Crippen molar-refractivity contribution in [2.45, 2.75) is 11.8 Å². The molecule has 0 radical (unpaired) electrons. The lowest BCUT2D eigenvalue weighted by Crippen LogP contribution is -2.15. The lowest BCUT2D eigenvalue weighted by molar-refractivity contribution is -0.113. The highest BCUT2D eigenvalue weighted by molar-refractivity contribution is 7.99. The Morgan fingerprint density at radius 1 is 1.00 bits per heavy atom. The highest BCUT2D eigenvalue weighted by Crippen LogP contribution is 2.25. The van der Waals surface area contributed by atoms with Crippen LogP contribution in [0.1, 0.15) is 5.82 Å². The minimum atomic E-state index is -0.455. The first-order valence-electron chi connectivity index (χ1n) is 9.66. The molecule has 32 heavy (non-hydrogen) atoms. The van der Waals surface area contributed by atoms with Gasteiger partial charge in [0.25, 0.3) is 0 Å². The van der Waals surface area contributed by atoms with E-state index in [0.29, 0.717) is 21.7 Å². The van der Waals surface area contributed by atoms with Crippen molar-refractivity contribution in [1.82, 2.24) is 14.8 Å². The van der Waals surface area contributed by atoms with E-state index in [0.717, 1.165) is 5.69 Å². The number of benzene rings is 3. The molecule has 1 heterocycles. The molecule has 4 rings (SSSR count). The van der Waals surface area contributed by atoms with Crippen molar-refractivity contribution in [3.8, 4) is 11.4 Å². The zero-order valence-electron chi connectivity index (χ0n) is 16.7. The number of carbonyl (C=O) groups is 1. The number of para-hydroxylation sites is 3. The summed E-state index contributed by atoms with van der Waals surface area (Å²) in [5, 5.41) is 12.2. The molecule has 162 valence electrons. The lowest BCUT2D eigenvalue weighted by Gasteiger charge is -2.11. The standard InChI is InChI=1S/C23H18ClFN4O2S/c24-17-10-4-6-12-19(17)26-22(30)15-32-23-28-27-21(29(23)16-8-2-1-3-9-16)14-31-20-13-7-5-11-18(20)25/h1-13H,14-15H2,(H,26,30). The molecule has 9 heteroatoms. The number of hydrogen-bond donors (Lipinski definition) is 1. The van der Waals surface area contributed by atoms with Crippen LogP contribution in [0.15, 0.2) is 84.0 Å². The zero-order chi connectivity index (χ0) is 22.3. The average molecular weight is 469 g/mol. The van der Waals surface area contributed by atoms with Crippen LogP contribution in [0.25, 0.3) is 5.69 Å². The van der Waals surface area contributed by atoms with Crippen molar-refractivity contribution in [3.05, 3.63) is 95.5 Å². The first kappa shape index (κ1) is 21.9. The monoisotopic (exact) mass is 468 g/mol. The summed E-state index contributed by atoms with van der Waals surface area (Å²) in [5.41, 5.74) is 1.35. The molecule has 0 aliphatic heterocycles. The fraction of sp³-hybridized carbons (Fsp3) is 0.0870. The van der Waals surface area contributed by atoms with Crippen molar-refractivity contribution in [3.63, 3.8) is 0 Å². The Labute approximate surface area is 193 Å². The summed E-state index contributed by atoms with van der Waals surface area (Å²) in [7, 11) is 0. The van der Waals surface area contributed by atoms with Crippen molar-refractivity contribution < 1.29 is 13.9 Å². The molecule has 0 aliphatic carbocycles. The smallest absolute Gasteiger partial charge is 0.234 e. The summed E-state index contributed by atoms with van der Waals surface area (Å²) in [5.74, 6) is 0.0283. The molecule has 1 N–H and O–H groups in total. The van der Waals surface area contributed by atoms with E-state index in [4.69, 9.17) is 16.3 Å². The number of aromatic nitrogens is 3. The van der Waals surface area contributed by atoms with Crippen LogP contribution >= 0.6 is 23.4 Å². The van der Waals surface area contributed by atoms with Crippen LogP contribution in [0.5, 0.6) is 5.75 Å². The molecule has 0 aliphatic rings. The van der Waals surface area contributed by atoms with E-state index < -0.39 is 5.82 Å². The van der Waals surface area contributed by atoms with Gasteiger partial charge in [0.15, 0.2) is 22.5 Å². The number of hydrogen-bond acceptors (Lipinski definition) is 5. The van der Waals surface area contributed by atoms with Crippen molar-refractivity contribution >= 4 is 35.0 Å². The van der Waals surface area contributed by atoms with Crippen LogP contribution in [0.2, 0.25) is 5.02 Å². The number of nitrogens with one attached hydrogen (secondary N) is 1. The second kappa shape index (κ2) is 10.3. The summed E-state index contributed by atoms with van der Waals surface area (Å²) < 4.78 is 21.3. The summed E-state index contributed by atoms with van der Waals surface area (Å²) in [6.45, 7) is 0.00913. The maximum Gasteiger partial charge on any atom is 0.234 e. The number of amides is 1. The van der Waals surface area contributed by atoms with Gasteiger partial charge in [-0.1, -0.05) is 65.8 Å². The van der Waals surface area contributed by atoms with Crippen LogP contribution in [-0.4, -0.2) is 26.4 Å². The number of anilines is 1. The molecule has 1 aromatic heterocycles. The third-order valence-corrected chi connectivity index (χ3v) is 5.65. The number of carbonyl (C=O) groups excluding carboxylic acids is 1. The van der Waals surface area contributed by atoms with E-state index >= 15 is 0 Å².